The summed E-state index contributed by atoms with van der Waals surface area (Å²) in [6.45, 7) is 0. The summed E-state index contributed by atoms with van der Waals surface area (Å²) in [7, 11) is 1.50. The van der Waals surface area contributed by atoms with Crippen LogP contribution in [0.25, 0.3) is 11.1 Å². The molecule has 0 bridgehead atoms. The number of rotatable bonds is 3. The Balaban J connectivity index is 2.61. The highest BCUT2D eigenvalue weighted by Gasteiger charge is 2.13. The standard InChI is InChI=1S/C14H9F2NOS/c1-18-13-5-3-2-4-10(13)9-6-11(15)14(17-8-19)12(16)7-9/h2-7H,1H3. The molecular weight excluding hydrogens is 268 g/mol. The Bertz CT molecular complexity index is 643. The van der Waals surface area contributed by atoms with Gasteiger partial charge in [-0.15, -0.1) is 0 Å². The first kappa shape index (κ1) is 13.3. The van der Waals surface area contributed by atoms with Crippen LogP contribution < -0.4 is 4.74 Å². The number of hydrogen-bond acceptors (Lipinski definition) is 3. The van der Waals surface area contributed by atoms with Crippen LogP contribution in [-0.2, 0) is 0 Å². The van der Waals surface area contributed by atoms with Crippen molar-refractivity contribution in [2.24, 2.45) is 4.99 Å². The molecule has 5 heteroatoms. The largest absolute Gasteiger partial charge is 0.496 e. The topological polar surface area (TPSA) is 21.6 Å². The number of aliphatic imine (C=N–C) groups is 1. The zero-order valence-electron chi connectivity index (χ0n) is 9.98. The van der Waals surface area contributed by atoms with E-state index < -0.39 is 17.3 Å². The maximum Gasteiger partial charge on any atom is 0.153 e. The highest BCUT2D eigenvalue weighted by Crippen LogP contribution is 2.33. The van der Waals surface area contributed by atoms with E-state index in [4.69, 9.17) is 4.74 Å². The highest BCUT2D eigenvalue weighted by molar-refractivity contribution is 7.78. The van der Waals surface area contributed by atoms with Crippen molar-refractivity contribution >= 4 is 23.1 Å². The molecule has 0 atom stereocenters. The molecule has 2 aromatic rings. The van der Waals surface area contributed by atoms with E-state index in [1.54, 1.807) is 24.3 Å². The normalized spacial score (nSPS) is 9.84. The van der Waals surface area contributed by atoms with Gasteiger partial charge in [-0.1, -0.05) is 18.2 Å². The molecule has 0 fully saturated rings. The molecule has 0 amide bonds. The molecule has 2 aromatic carbocycles. The van der Waals surface area contributed by atoms with Crippen molar-refractivity contribution in [3.8, 4) is 16.9 Å². The molecule has 0 saturated carbocycles. The Morgan fingerprint density at radius 2 is 1.79 bits per heavy atom. The molecule has 0 N–H and O–H groups in total. The predicted octanol–water partition coefficient (Wildman–Crippen LogP) is 4.37. The van der Waals surface area contributed by atoms with Gasteiger partial charge in [-0.25, -0.2) is 8.78 Å². The molecule has 2 rings (SSSR count). The maximum atomic E-state index is 13.8. The molecule has 0 aliphatic heterocycles. The fourth-order valence-corrected chi connectivity index (χ4v) is 1.85. The van der Waals surface area contributed by atoms with E-state index in [2.05, 4.69) is 17.2 Å². The van der Waals surface area contributed by atoms with Gasteiger partial charge in [0.2, 0.25) is 0 Å². The molecule has 0 heterocycles. The van der Waals surface area contributed by atoms with E-state index in [0.717, 1.165) is 0 Å². The Labute approximate surface area is 114 Å². The molecule has 2 nitrogen and oxygen atoms in total. The minimum Gasteiger partial charge on any atom is -0.496 e. The lowest BCUT2D eigenvalue weighted by molar-refractivity contribution is 0.416. The lowest BCUT2D eigenvalue weighted by Gasteiger charge is -2.09. The number of para-hydroxylation sites is 1. The molecule has 96 valence electrons. The van der Waals surface area contributed by atoms with Gasteiger partial charge < -0.3 is 4.74 Å². The lowest BCUT2D eigenvalue weighted by Crippen LogP contribution is -1.90. The summed E-state index contributed by atoms with van der Waals surface area (Å²) >= 11 is 4.35. The van der Waals surface area contributed by atoms with Crippen molar-refractivity contribution in [1.29, 1.82) is 0 Å². The molecular formula is C14H9F2NOS. The second-order valence-electron chi connectivity index (χ2n) is 3.69. The number of isothiocyanates is 1. The van der Waals surface area contributed by atoms with Gasteiger partial charge in [-0.05, 0) is 36.0 Å². The number of benzene rings is 2. The van der Waals surface area contributed by atoms with E-state index in [9.17, 15) is 8.78 Å². The van der Waals surface area contributed by atoms with Crippen LogP contribution in [0.5, 0.6) is 5.75 Å². The fourth-order valence-electron chi connectivity index (χ4n) is 1.76. The van der Waals surface area contributed by atoms with Crippen molar-refractivity contribution in [3.05, 3.63) is 48.0 Å². The Hall–Kier alpha value is -2.10. The first-order chi connectivity index (χ1) is 9.17. The number of hydrogen-bond donors (Lipinski definition) is 0. The number of nitrogens with zero attached hydrogens (tertiary/aromatic N) is 1. The Morgan fingerprint density at radius 3 is 2.37 bits per heavy atom. The summed E-state index contributed by atoms with van der Waals surface area (Å²) in [4.78, 5) is 3.37. The van der Waals surface area contributed by atoms with E-state index in [1.807, 2.05) is 5.16 Å². The van der Waals surface area contributed by atoms with Crippen LogP contribution in [0.15, 0.2) is 41.4 Å². The van der Waals surface area contributed by atoms with Gasteiger partial charge in [0, 0.05) is 5.56 Å². The SMILES string of the molecule is COc1ccccc1-c1cc(F)c(N=C=S)c(F)c1. The number of ether oxygens (including phenoxy) is 1. The first-order valence-electron chi connectivity index (χ1n) is 5.37. The summed E-state index contributed by atoms with van der Waals surface area (Å²) in [5.74, 6) is -1.05. The second kappa shape index (κ2) is 5.69. The average Bonchev–Trinajstić information content (AvgIpc) is 2.42. The van der Waals surface area contributed by atoms with Crippen molar-refractivity contribution in [3.63, 3.8) is 0 Å². The van der Waals surface area contributed by atoms with Gasteiger partial charge in [0.15, 0.2) is 11.6 Å². The molecule has 19 heavy (non-hydrogen) atoms. The number of halogens is 2. The van der Waals surface area contributed by atoms with Gasteiger partial charge in [-0.2, -0.15) is 4.99 Å². The van der Waals surface area contributed by atoms with E-state index >= 15 is 0 Å². The molecule has 0 aliphatic rings. The average molecular weight is 277 g/mol. The van der Waals surface area contributed by atoms with Crippen LogP contribution in [0.4, 0.5) is 14.5 Å². The number of thiocarbonyl (C=S) groups is 1. The van der Waals surface area contributed by atoms with Crippen LogP contribution in [0.2, 0.25) is 0 Å². The van der Waals surface area contributed by atoms with Crippen LogP contribution in [0.1, 0.15) is 0 Å². The summed E-state index contributed by atoms with van der Waals surface area (Å²) in [5, 5.41) is 1.95. The highest BCUT2D eigenvalue weighted by atomic mass is 32.1. The second-order valence-corrected chi connectivity index (χ2v) is 3.87. The van der Waals surface area contributed by atoms with E-state index in [1.165, 1.54) is 19.2 Å². The molecule has 0 aromatic heterocycles. The summed E-state index contributed by atoms with van der Waals surface area (Å²) < 4.78 is 32.7. The summed E-state index contributed by atoms with van der Waals surface area (Å²) in [6.07, 6.45) is 0. The van der Waals surface area contributed by atoms with Crippen molar-refractivity contribution in [2.75, 3.05) is 7.11 Å². The predicted molar refractivity (Wildman–Crippen MR) is 73.0 cm³/mol. The molecule has 0 spiro atoms. The lowest BCUT2D eigenvalue weighted by atomic mass is 10.0. The zero-order valence-corrected chi connectivity index (χ0v) is 10.8. The minimum atomic E-state index is -0.793. The minimum absolute atomic E-state index is 0.371. The van der Waals surface area contributed by atoms with Gasteiger partial charge in [-0.3, -0.25) is 0 Å². The molecule has 0 aliphatic carbocycles. The first-order valence-corrected chi connectivity index (χ1v) is 5.78. The summed E-state index contributed by atoms with van der Waals surface area (Å²) in [5.41, 5.74) is 0.532. The summed E-state index contributed by atoms with van der Waals surface area (Å²) in [6, 6.07) is 9.35. The van der Waals surface area contributed by atoms with Crippen LogP contribution in [0, 0.1) is 11.6 Å². The maximum absolute atomic E-state index is 13.8. The van der Waals surface area contributed by atoms with Crippen LogP contribution >= 0.6 is 12.2 Å². The quantitative estimate of drug-likeness (QED) is 0.613. The fraction of sp³-hybridized carbons (Fsp3) is 0.0714. The zero-order chi connectivity index (χ0) is 13.8. The van der Waals surface area contributed by atoms with E-state index in [-0.39, 0.29) is 0 Å². The van der Waals surface area contributed by atoms with Crippen molar-refractivity contribution < 1.29 is 13.5 Å². The van der Waals surface area contributed by atoms with Gasteiger partial charge in [0.25, 0.3) is 0 Å². The smallest absolute Gasteiger partial charge is 0.153 e. The van der Waals surface area contributed by atoms with Gasteiger partial charge in [0.1, 0.15) is 11.4 Å². The third-order valence-corrected chi connectivity index (χ3v) is 2.68. The van der Waals surface area contributed by atoms with Crippen LogP contribution in [-0.4, -0.2) is 12.3 Å². The van der Waals surface area contributed by atoms with Gasteiger partial charge >= 0.3 is 0 Å². The molecule has 0 unspecified atom stereocenters. The number of methoxy groups -OCH3 is 1. The van der Waals surface area contributed by atoms with Gasteiger partial charge in [0.05, 0.1) is 12.3 Å². The molecule has 0 radical (unpaired) electrons. The third kappa shape index (κ3) is 2.67. The van der Waals surface area contributed by atoms with Crippen LogP contribution in [0.3, 0.4) is 0 Å². The molecule has 0 saturated heterocycles. The third-order valence-electron chi connectivity index (χ3n) is 2.59. The Morgan fingerprint density at radius 1 is 1.16 bits per heavy atom. The van der Waals surface area contributed by atoms with Crippen molar-refractivity contribution in [1.82, 2.24) is 0 Å². The van der Waals surface area contributed by atoms with E-state index in [0.29, 0.717) is 16.9 Å². The monoisotopic (exact) mass is 277 g/mol. The van der Waals surface area contributed by atoms with Crippen molar-refractivity contribution in [2.45, 2.75) is 0 Å². The Kier molecular flexibility index (Phi) is 4.00.